The van der Waals surface area contributed by atoms with E-state index in [2.05, 4.69) is 27.8 Å². The van der Waals surface area contributed by atoms with E-state index in [1.54, 1.807) is 13.1 Å². The van der Waals surface area contributed by atoms with Gasteiger partial charge in [-0.15, -0.1) is 0 Å². The first-order chi connectivity index (χ1) is 16.0. The number of aryl methyl sites for hydroxylation is 2. The number of nitrogens with one attached hydrogen (secondary N) is 1. The molecule has 2 aromatic heterocycles. The summed E-state index contributed by atoms with van der Waals surface area (Å²) in [7, 11) is 0. The van der Waals surface area contributed by atoms with Crippen molar-refractivity contribution in [1.29, 1.82) is 0 Å². The highest BCUT2D eigenvalue weighted by Crippen LogP contribution is 2.29. The molecule has 0 unspecified atom stereocenters. The Bertz CT molecular complexity index is 1170. The van der Waals surface area contributed by atoms with Crippen molar-refractivity contribution in [1.82, 2.24) is 14.5 Å². The molecule has 0 radical (unpaired) electrons. The quantitative estimate of drug-likeness (QED) is 0.497. The molecule has 1 saturated heterocycles. The second kappa shape index (κ2) is 10.3. The van der Waals surface area contributed by atoms with Gasteiger partial charge in [-0.1, -0.05) is 19.4 Å². The lowest BCUT2D eigenvalue weighted by Gasteiger charge is -2.23. The molecule has 33 heavy (non-hydrogen) atoms. The molecule has 2 N–H and O–H groups in total. The fraction of sp³-hybridized carbons (Fsp3) is 0.500. The minimum Gasteiger partial charge on any atom is -0.481 e. The number of carbonyl (C=O) groups is 1. The highest BCUT2D eigenvalue weighted by Gasteiger charge is 2.21. The lowest BCUT2D eigenvalue weighted by molar-refractivity contribution is -0.142. The third-order valence-electron chi connectivity index (χ3n) is 6.71. The Morgan fingerprint density at radius 1 is 1.27 bits per heavy atom. The number of nitrogens with zero attached hydrogens (tertiary/aromatic N) is 2. The first-order valence-electron chi connectivity index (χ1n) is 12.0. The first kappa shape index (κ1) is 23.2. The van der Waals surface area contributed by atoms with Crippen LogP contribution in [0.2, 0.25) is 0 Å². The van der Waals surface area contributed by atoms with E-state index in [1.165, 1.54) is 0 Å². The monoisotopic (exact) mass is 451 g/mol. The number of ether oxygens (including phenoxy) is 1. The number of benzene rings is 1. The van der Waals surface area contributed by atoms with Crippen molar-refractivity contribution < 1.29 is 14.6 Å². The van der Waals surface area contributed by atoms with E-state index in [0.717, 1.165) is 67.0 Å². The maximum atomic E-state index is 11.9. The Balaban J connectivity index is 1.68. The van der Waals surface area contributed by atoms with Crippen molar-refractivity contribution in [3.8, 4) is 11.4 Å². The summed E-state index contributed by atoms with van der Waals surface area (Å²) in [5, 5.41) is 9.47. The molecular formula is C26H33N3O4. The molecule has 1 fully saturated rings. The lowest BCUT2D eigenvalue weighted by atomic mass is 9.95. The molecule has 0 bridgehead atoms. The maximum absolute atomic E-state index is 11.9. The van der Waals surface area contributed by atoms with E-state index >= 15 is 0 Å². The number of H-pyrrole nitrogens is 1. The van der Waals surface area contributed by atoms with Gasteiger partial charge >= 0.3 is 5.97 Å². The Labute approximate surface area is 193 Å². The van der Waals surface area contributed by atoms with Crippen LogP contribution in [0.15, 0.2) is 35.3 Å². The molecule has 0 aliphatic carbocycles. The molecule has 3 aromatic rings. The van der Waals surface area contributed by atoms with Crippen molar-refractivity contribution in [2.24, 2.45) is 11.8 Å². The average Bonchev–Trinajstić information content (AvgIpc) is 3.16. The van der Waals surface area contributed by atoms with Gasteiger partial charge < -0.3 is 19.4 Å². The third kappa shape index (κ3) is 5.36. The zero-order valence-electron chi connectivity index (χ0n) is 19.5. The second-order valence-electron chi connectivity index (χ2n) is 9.19. The molecule has 1 aromatic carbocycles. The van der Waals surface area contributed by atoms with Crippen molar-refractivity contribution in [2.75, 3.05) is 13.2 Å². The van der Waals surface area contributed by atoms with Gasteiger partial charge in [0.1, 0.15) is 5.82 Å². The molecular weight excluding hydrogens is 418 g/mol. The zero-order valence-corrected chi connectivity index (χ0v) is 19.5. The number of aliphatic carboxylic acids is 1. The minimum atomic E-state index is -0.714. The van der Waals surface area contributed by atoms with Gasteiger partial charge in [-0.05, 0) is 68.7 Å². The summed E-state index contributed by atoms with van der Waals surface area (Å²) >= 11 is 0. The van der Waals surface area contributed by atoms with Crippen molar-refractivity contribution in [3.63, 3.8) is 0 Å². The normalized spacial score (nSPS) is 15.7. The lowest BCUT2D eigenvalue weighted by Crippen LogP contribution is -2.21. The number of hydrogen-bond acceptors (Lipinski definition) is 4. The van der Waals surface area contributed by atoms with Crippen LogP contribution in [0.25, 0.3) is 22.4 Å². The fourth-order valence-corrected chi connectivity index (χ4v) is 4.73. The summed E-state index contributed by atoms with van der Waals surface area (Å²) in [4.78, 5) is 31.2. The number of imidazole rings is 1. The van der Waals surface area contributed by atoms with E-state index in [4.69, 9.17) is 9.72 Å². The van der Waals surface area contributed by atoms with Crippen LogP contribution in [0.3, 0.4) is 0 Å². The number of rotatable bonds is 9. The van der Waals surface area contributed by atoms with Crippen LogP contribution in [0, 0.1) is 18.8 Å². The number of carboxylic acids is 1. The summed E-state index contributed by atoms with van der Waals surface area (Å²) in [5.74, 6) is 0.344. The van der Waals surface area contributed by atoms with E-state index in [-0.39, 0.29) is 11.5 Å². The Morgan fingerprint density at radius 3 is 2.76 bits per heavy atom. The highest BCUT2D eigenvalue weighted by atomic mass is 16.5. The molecule has 3 heterocycles. The Kier molecular flexibility index (Phi) is 7.28. The van der Waals surface area contributed by atoms with E-state index in [9.17, 15) is 14.7 Å². The molecule has 1 aliphatic heterocycles. The van der Waals surface area contributed by atoms with Gasteiger partial charge in [0.2, 0.25) is 0 Å². The Morgan fingerprint density at radius 2 is 2.06 bits per heavy atom. The zero-order chi connectivity index (χ0) is 23.4. The topological polar surface area (TPSA) is 97.2 Å². The molecule has 0 saturated carbocycles. The van der Waals surface area contributed by atoms with E-state index in [0.29, 0.717) is 30.7 Å². The summed E-state index contributed by atoms with van der Waals surface area (Å²) in [6.45, 7) is 6.26. The van der Waals surface area contributed by atoms with Crippen LogP contribution < -0.4 is 5.56 Å². The van der Waals surface area contributed by atoms with Gasteiger partial charge in [-0.3, -0.25) is 9.59 Å². The number of hydrogen-bond donors (Lipinski definition) is 2. The number of aromatic amines is 1. The summed E-state index contributed by atoms with van der Waals surface area (Å²) in [6, 6.07) is 8.18. The maximum Gasteiger partial charge on any atom is 0.306 e. The smallest absolute Gasteiger partial charge is 0.306 e. The van der Waals surface area contributed by atoms with Crippen molar-refractivity contribution in [2.45, 2.75) is 58.9 Å². The largest absolute Gasteiger partial charge is 0.481 e. The second-order valence-corrected chi connectivity index (χ2v) is 9.19. The van der Waals surface area contributed by atoms with Crippen LogP contribution in [-0.4, -0.2) is 38.8 Å². The number of fused-ring (bicyclic) bond motifs is 1. The first-order valence-corrected chi connectivity index (χ1v) is 12.0. The standard InChI is InChI=1S/C26H33N3O4/c1-3-4-20(26(31)32)7-5-18-6-8-23-22(14-18)28-24(21-13-17(2)25(30)27-15-21)29(23)16-19-9-11-33-12-10-19/h6,8,13-15,19-20H,3-5,7,9-12,16H2,1-2H3,(H,27,30)(H,31,32)/t20-/m1/s1. The van der Waals surface area contributed by atoms with Gasteiger partial charge in [0.05, 0.1) is 17.0 Å². The summed E-state index contributed by atoms with van der Waals surface area (Å²) in [6.07, 6.45) is 6.70. The molecule has 0 spiro atoms. The fourth-order valence-electron chi connectivity index (χ4n) is 4.73. The summed E-state index contributed by atoms with van der Waals surface area (Å²) < 4.78 is 7.80. The van der Waals surface area contributed by atoms with Gasteiger partial charge in [-0.2, -0.15) is 0 Å². The van der Waals surface area contributed by atoms with Gasteiger partial charge in [0.25, 0.3) is 5.56 Å². The van der Waals surface area contributed by atoms with E-state index < -0.39 is 5.97 Å². The Hall–Kier alpha value is -2.93. The third-order valence-corrected chi connectivity index (χ3v) is 6.71. The van der Waals surface area contributed by atoms with Crippen molar-refractivity contribution in [3.05, 3.63) is 51.9 Å². The van der Waals surface area contributed by atoms with Gasteiger partial charge in [-0.25, -0.2) is 4.98 Å². The number of carboxylic acid groups (broad SMARTS) is 1. The highest BCUT2D eigenvalue weighted by molar-refractivity contribution is 5.81. The average molecular weight is 452 g/mol. The van der Waals surface area contributed by atoms with Crippen LogP contribution >= 0.6 is 0 Å². The van der Waals surface area contributed by atoms with Gasteiger partial charge in [0.15, 0.2) is 0 Å². The number of aromatic nitrogens is 3. The predicted molar refractivity (Wildman–Crippen MR) is 128 cm³/mol. The predicted octanol–water partition coefficient (Wildman–Crippen LogP) is 4.56. The molecule has 4 rings (SSSR count). The molecule has 7 nitrogen and oxygen atoms in total. The SMILES string of the molecule is CCC[C@H](CCc1ccc2c(c1)nc(-c1c[nH]c(=O)c(C)c1)n2CC1CCOCC1)C(=O)O. The molecule has 0 amide bonds. The molecule has 1 atom stereocenters. The van der Waals surface area contributed by atoms with Crippen molar-refractivity contribution >= 4 is 17.0 Å². The van der Waals surface area contributed by atoms with Crippen LogP contribution in [0.4, 0.5) is 0 Å². The van der Waals surface area contributed by atoms with Crippen LogP contribution in [-0.2, 0) is 22.5 Å². The van der Waals surface area contributed by atoms with E-state index in [1.807, 2.05) is 13.0 Å². The molecule has 1 aliphatic rings. The molecule has 176 valence electrons. The molecule has 7 heteroatoms. The van der Waals surface area contributed by atoms with Crippen LogP contribution in [0.5, 0.6) is 0 Å². The summed E-state index contributed by atoms with van der Waals surface area (Å²) in [5.41, 5.74) is 4.53. The van der Waals surface area contributed by atoms with Gasteiger partial charge in [0, 0.05) is 37.1 Å². The number of pyridine rings is 1. The minimum absolute atomic E-state index is 0.0896. The van der Waals surface area contributed by atoms with Crippen LogP contribution in [0.1, 0.15) is 50.2 Å².